The third-order valence-electron chi connectivity index (χ3n) is 4.31. The average Bonchev–Trinajstić information content (AvgIpc) is 2.79. The van der Waals surface area contributed by atoms with Crippen molar-refractivity contribution in [2.75, 3.05) is 41.2 Å². The molecule has 30 heavy (non-hydrogen) atoms. The van der Waals surface area contributed by atoms with Gasteiger partial charge in [0.05, 0.1) is 21.3 Å². The molecule has 1 aliphatic rings. The fraction of sp³-hybridized carbons (Fsp3) is 0.273. The van der Waals surface area contributed by atoms with Gasteiger partial charge in [0.2, 0.25) is 5.75 Å². The van der Waals surface area contributed by atoms with Crippen LogP contribution in [0, 0.1) is 0 Å². The van der Waals surface area contributed by atoms with E-state index in [0.717, 1.165) is 0 Å². The predicted molar refractivity (Wildman–Crippen MR) is 108 cm³/mol. The summed E-state index contributed by atoms with van der Waals surface area (Å²) in [5.74, 6) is 1.48. The van der Waals surface area contributed by atoms with Crippen LogP contribution < -0.4 is 23.7 Å². The number of ether oxygens (including phenoxy) is 6. The zero-order valence-electron chi connectivity index (χ0n) is 16.9. The Bertz CT molecular complexity index is 947. The molecule has 8 nitrogen and oxygen atoms in total. The molecule has 0 aliphatic carbocycles. The van der Waals surface area contributed by atoms with E-state index in [4.69, 9.17) is 28.4 Å². The normalized spacial score (nSPS) is 12.4. The van der Waals surface area contributed by atoms with Crippen LogP contribution in [0.4, 0.5) is 0 Å². The summed E-state index contributed by atoms with van der Waals surface area (Å²) in [6, 6.07) is 8.17. The Kier molecular flexibility index (Phi) is 6.79. The van der Waals surface area contributed by atoms with Crippen molar-refractivity contribution < 1.29 is 38.0 Å². The third kappa shape index (κ3) is 4.83. The molecule has 1 aliphatic heterocycles. The molecule has 0 aromatic heterocycles. The first kappa shape index (κ1) is 21.0. The van der Waals surface area contributed by atoms with Gasteiger partial charge in [0.15, 0.2) is 35.4 Å². The summed E-state index contributed by atoms with van der Waals surface area (Å²) in [5.41, 5.74) is 1.01. The van der Waals surface area contributed by atoms with Gasteiger partial charge >= 0.3 is 5.97 Å². The number of esters is 1. The molecule has 1 heterocycles. The average molecular weight is 414 g/mol. The van der Waals surface area contributed by atoms with E-state index in [9.17, 15) is 9.59 Å². The van der Waals surface area contributed by atoms with Gasteiger partial charge in [-0.15, -0.1) is 0 Å². The lowest BCUT2D eigenvalue weighted by molar-refractivity contribution is -0.136. The van der Waals surface area contributed by atoms with E-state index < -0.39 is 12.6 Å². The molecule has 158 valence electrons. The second-order valence-corrected chi connectivity index (χ2v) is 6.18. The Morgan fingerprint density at radius 1 is 0.933 bits per heavy atom. The minimum absolute atomic E-state index is 0.348. The minimum atomic E-state index is -0.655. The number of fused-ring (bicyclic) bond motifs is 1. The molecular weight excluding hydrogens is 392 g/mol. The quantitative estimate of drug-likeness (QED) is 0.370. The van der Waals surface area contributed by atoms with Gasteiger partial charge < -0.3 is 28.4 Å². The summed E-state index contributed by atoms with van der Waals surface area (Å²) < 4.78 is 31.8. The van der Waals surface area contributed by atoms with Gasteiger partial charge in [-0.3, -0.25) is 4.79 Å². The van der Waals surface area contributed by atoms with Crippen LogP contribution in [0.5, 0.6) is 28.7 Å². The van der Waals surface area contributed by atoms with Crippen LogP contribution in [0.2, 0.25) is 0 Å². The molecular formula is C22H22O8. The van der Waals surface area contributed by atoms with Crippen LogP contribution in [0.3, 0.4) is 0 Å². The van der Waals surface area contributed by atoms with Crippen LogP contribution in [0.25, 0.3) is 6.08 Å². The first-order valence-corrected chi connectivity index (χ1v) is 9.13. The lowest BCUT2D eigenvalue weighted by Crippen LogP contribution is -2.16. The molecule has 3 rings (SSSR count). The molecule has 2 aromatic rings. The van der Waals surface area contributed by atoms with Crippen molar-refractivity contribution in [1.29, 1.82) is 0 Å². The number of hydrogen-bond acceptors (Lipinski definition) is 8. The van der Waals surface area contributed by atoms with Gasteiger partial charge in [0, 0.05) is 11.6 Å². The number of methoxy groups -OCH3 is 3. The molecule has 0 fully saturated rings. The van der Waals surface area contributed by atoms with E-state index >= 15 is 0 Å². The highest BCUT2D eigenvalue weighted by Crippen LogP contribution is 2.40. The molecule has 8 heteroatoms. The SMILES string of the molecule is COc1ccc(C(=O)COC(=O)/C=C/c2cc(OC)c3c(c2)OCCO3)cc1OC. The van der Waals surface area contributed by atoms with Crippen LogP contribution in [0.1, 0.15) is 15.9 Å². The van der Waals surface area contributed by atoms with Crippen molar-refractivity contribution in [3.05, 3.63) is 47.5 Å². The van der Waals surface area contributed by atoms with Crippen LogP contribution in [-0.4, -0.2) is 52.9 Å². The molecule has 0 N–H and O–H groups in total. The number of Topliss-reactive ketones (excluding diaryl/α,β-unsaturated/α-hetero) is 1. The molecule has 0 saturated carbocycles. The van der Waals surface area contributed by atoms with Crippen LogP contribution in [-0.2, 0) is 9.53 Å². The summed E-state index contributed by atoms with van der Waals surface area (Å²) in [6.45, 7) is 0.478. The molecule has 0 unspecified atom stereocenters. The molecule has 0 atom stereocenters. The Hall–Kier alpha value is -3.68. The Balaban J connectivity index is 1.62. The lowest BCUT2D eigenvalue weighted by atomic mass is 10.1. The smallest absolute Gasteiger partial charge is 0.331 e. The van der Waals surface area contributed by atoms with Gasteiger partial charge in [-0.1, -0.05) is 0 Å². The van der Waals surface area contributed by atoms with Gasteiger partial charge in [0.1, 0.15) is 13.2 Å². The standard InChI is InChI=1S/C22H22O8/c1-25-17-6-5-15(12-18(17)26-2)16(23)13-30-21(24)7-4-14-10-19(27-3)22-20(11-14)28-8-9-29-22/h4-7,10-12H,8-9,13H2,1-3H3/b7-4+. The number of rotatable bonds is 8. The topological polar surface area (TPSA) is 89.5 Å². The molecule has 0 radical (unpaired) electrons. The number of benzene rings is 2. The van der Waals surface area contributed by atoms with E-state index in [2.05, 4.69) is 0 Å². The van der Waals surface area contributed by atoms with Gasteiger partial charge in [-0.2, -0.15) is 0 Å². The van der Waals surface area contributed by atoms with E-state index in [-0.39, 0.29) is 5.78 Å². The van der Waals surface area contributed by atoms with E-state index in [1.807, 2.05) is 0 Å². The van der Waals surface area contributed by atoms with Crippen molar-refractivity contribution >= 4 is 17.8 Å². The van der Waals surface area contributed by atoms with Crippen molar-refractivity contribution in [3.8, 4) is 28.7 Å². The number of carbonyl (C=O) groups is 2. The number of ketones is 1. The van der Waals surface area contributed by atoms with Crippen LogP contribution >= 0.6 is 0 Å². The maximum absolute atomic E-state index is 12.3. The van der Waals surface area contributed by atoms with Crippen molar-refractivity contribution in [1.82, 2.24) is 0 Å². The summed E-state index contributed by atoms with van der Waals surface area (Å²) in [4.78, 5) is 24.3. The highest BCUT2D eigenvalue weighted by Gasteiger charge is 2.18. The Morgan fingerprint density at radius 2 is 1.67 bits per heavy atom. The highest BCUT2D eigenvalue weighted by atomic mass is 16.6. The zero-order valence-corrected chi connectivity index (χ0v) is 16.9. The molecule has 0 saturated heterocycles. The third-order valence-corrected chi connectivity index (χ3v) is 4.31. The van der Waals surface area contributed by atoms with Gasteiger partial charge in [-0.25, -0.2) is 4.79 Å². The maximum Gasteiger partial charge on any atom is 0.331 e. The fourth-order valence-corrected chi connectivity index (χ4v) is 2.83. The summed E-state index contributed by atoms with van der Waals surface area (Å²) >= 11 is 0. The molecule has 0 spiro atoms. The van der Waals surface area contributed by atoms with Crippen molar-refractivity contribution in [2.24, 2.45) is 0 Å². The predicted octanol–water partition coefficient (Wildman–Crippen LogP) is 2.92. The maximum atomic E-state index is 12.3. The monoisotopic (exact) mass is 414 g/mol. The highest BCUT2D eigenvalue weighted by molar-refractivity contribution is 5.99. The first-order valence-electron chi connectivity index (χ1n) is 9.13. The Labute approximate surface area is 173 Å². The van der Waals surface area contributed by atoms with Crippen molar-refractivity contribution in [2.45, 2.75) is 0 Å². The largest absolute Gasteiger partial charge is 0.493 e. The van der Waals surface area contributed by atoms with Crippen molar-refractivity contribution in [3.63, 3.8) is 0 Å². The van der Waals surface area contributed by atoms with E-state index in [0.29, 0.717) is 53.1 Å². The number of carbonyl (C=O) groups excluding carboxylic acids is 2. The molecule has 2 aromatic carbocycles. The molecule has 0 amide bonds. The summed E-state index contributed by atoms with van der Waals surface area (Å²) in [6.07, 6.45) is 2.77. The fourth-order valence-electron chi connectivity index (χ4n) is 2.83. The molecule has 0 bridgehead atoms. The summed E-state index contributed by atoms with van der Waals surface area (Å²) in [5, 5.41) is 0. The van der Waals surface area contributed by atoms with Gasteiger partial charge in [-0.05, 0) is 42.0 Å². The Morgan fingerprint density at radius 3 is 2.40 bits per heavy atom. The second-order valence-electron chi connectivity index (χ2n) is 6.18. The van der Waals surface area contributed by atoms with E-state index in [1.165, 1.54) is 33.5 Å². The van der Waals surface area contributed by atoms with Gasteiger partial charge in [0.25, 0.3) is 0 Å². The first-order chi connectivity index (χ1) is 14.5. The summed E-state index contributed by atoms with van der Waals surface area (Å²) in [7, 11) is 4.50. The van der Waals surface area contributed by atoms with E-state index in [1.54, 1.807) is 30.3 Å². The zero-order chi connectivity index (χ0) is 21.5. The lowest BCUT2D eigenvalue weighted by Gasteiger charge is -2.20. The number of hydrogen-bond donors (Lipinski definition) is 0. The second kappa shape index (κ2) is 9.69. The minimum Gasteiger partial charge on any atom is -0.493 e. The van der Waals surface area contributed by atoms with Crippen LogP contribution in [0.15, 0.2) is 36.4 Å².